The summed E-state index contributed by atoms with van der Waals surface area (Å²) >= 11 is 1.36. The van der Waals surface area contributed by atoms with Crippen molar-refractivity contribution in [2.45, 2.75) is 12.3 Å². The Balaban J connectivity index is 1.39. The summed E-state index contributed by atoms with van der Waals surface area (Å²) in [6.07, 6.45) is 2.41. The van der Waals surface area contributed by atoms with Gasteiger partial charge in [-0.25, -0.2) is 4.98 Å². The summed E-state index contributed by atoms with van der Waals surface area (Å²) in [5, 5.41) is 8.00. The van der Waals surface area contributed by atoms with Crippen molar-refractivity contribution in [1.29, 1.82) is 0 Å². The molecule has 0 aliphatic heterocycles. The van der Waals surface area contributed by atoms with Crippen LogP contribution in [0.15, 0.2) is 60.1 Å². The van der Waals surface area contributed by atoms with Crippen LogP contribution in [0, 0.1) is 0 Å². The van der Waals surface area contributed by atoms with E-state index >= 15 is 0 Å². The zero-order valence-corrected chi connectivity index (χ0v) is 14.0. The molecule has 5 nitrogen and oxygen atoms in total. The van der Waals surface area contributed by atoms with Gasteiger partial charge < -0.3 is 5.32 Å². The lowest BCUT2D eigenvalue weighted by atomic mass is 9.77. The Morgan fingerprint density at radius 3 is 2.56 bits per heavy atom. The van der Waals surface area contributed by atoms with Crippen molar-refractivity contribution in [3.8, 4) is 0 Å². The summed E-state index contributed by atoms with van der Waals surface area (Å²) in [5.74, 6) is -0.330. The fourth-order valence-corrected chi connectivity index (χ4v) is 3.41. The molecule has 0 unspecified atom stereocenters. The lowest BCUT2D eigenvalue weighted by Crippen LogP contribution is -2.30. The van der Waals surface area contributed by atoms with Crippen molar-refractivity contribution in [1.82, 2.24) is 4.98 Å². The van der Waals surface area contributed by atoms with E-state index in [4.69, 9.17) is 0 Å². The predicted molar refractivity (Wildman–Crippen MR) is 98.0 cm³/mol. The predicted octanol–water partition coefficient (Wildman–Crippen LogP) is 3.67. The van der Waals surface area contributed by atoms with Gasteiger partial charge in [0.05, 0.1) is 5.92 Å². The van der Waals surface area contributed by atoms with Crippen molar-refractivity contribution >= 4 is 34.0 Å². The molecule has 0 saturated carbocycles. The normalized spacial score (nSPS) is 15.0. The van der Waals surface area contributed by atoms with Crippen LogP contribution in [0.5, 0.6) is 0 Å². The van der Waals surface area contributed by atoms with Crippen LogP contribution in [0.4, 0.5) is 10.8 Å². The molecule has 2 aromatic carbocycles. The Morgan fingerprint density at radius 2 is 1.84 bits per heavy atom. The van der Waals surface area contributed by atoms with E-state index in [1.54, 1.807) is 35.8 Å². The first-order valence-corrected chi connectivity index (χ1v) is 8.78. The quantitative estimate of drug-likeness (QED) is 0.755. The molecule has 124 valence electrons. The zero-order valence-electron chi connectivity index (χ0n) is 13.2. The fraction of sp³-hybridized carbons (Fsp3) is 0.105. The Bertz CT molecular complexity index is 920. The minimum absolute atomic E-state index is 0.0151. The van der Waals surface area contributed by atoms with Gasteiger partial charge >= 0.3 is 0 Å². The summed E-state index contributed by atoms with van der Waals surface area (Å²) in [6.45, 7) is 0. The molecule has 2 N–H and O–H groups in total. The molecular weight excluding hydrogens is 334 g/mol. The maximum atomic E-state index is 12.4. The summed E-state index contributed by atoms with van der Waals surface area (Å²) in [5.41, 5.74) is 3.53. The SMILES string of the molecule is O=C(Nc1nccs1)c1ccc(NC(=O)[C@@H]2Cc3ccccc32)cc1. The highest BCUT2D eigenvalue weighted by Crippen LogP contribution is 2.35. The molecule has 0 spiro atoms. The third kappa shape index (κ3) is 3.16. The lowest BCUT2D eigenvalue weighted by molar-refractivity contribution is -0.118. The Morgan fingerprint density at radius 1 is 1.04 bits per heavy atom. The van der Waals surface area contributed by atoms with Crippen LogP contribution in [0.25, 0.3) is 0 Å². The third-order valence-electron chi connectivity index (χ3n) is 4.24. The number of nitrogens with one attached hydrogen (secondary N) is 2. The van der Waals surface area contributed by atoms with Crippen molar-refractivity contribution in [3.05, 3.63) is 76.8 Å². The standard InChI is InChI=1S/C19H15N3O2S/c23-17(22-19-20-9-10-25-19)12-5-7-14(8-6-12)21-18(24)16-11-13-3-1-2-4-15(13)16/h1-10,16H,11H2,(H,21,24)(H,20,22,23)/t16-/m1/s1. The molecule has 2 amide bonds. The number of benzene rings is 2. The van der Waals surface area contributed by atoms with Gasteiger partial charge in [-0.15, -0.1) is 11.3 Å². The summed E-state index contributed by atoms with van der Waals surface area (Å²) in [7, 11) is 0. The number of aromatic nitrogens is 1. The highest BCUT2D eigenvalue weighted by molar-refractivity contribution is 7.13. The topological polar surface area (TPSA) is 71.1 Å². The van der Waals surface area contributed by atoms with Crippen molar-refractivity contribution < 1.29 is 9.59 Å². The van der Waals surface area contributed by atoms with Crippen LogP contribution < -0.4 is 10.6 Å². The third-order valence-corrected chi connectivity index (χ3v) is 4.93. The monoisotopic (exact) mass is 349 g/mol. The first-order valence-electron chi connectivity index (χ1n) is 7.90. The summed E-state index contributed by atoms with van der Waals surface area (Å²) < 4.78 is 0. The van der Waals surface area contributed by atoms with Crippen LogP contribution in [0.2, 0.25) is 0 Å². The van der Waals surface area contributed by atoms with Gasteiger partial charge in [0.2, 0.25) is 5.91 Å². The van der Waals surface area contributed by atoms with E-state index in [9.17, 15) is 9.59 Å². The van der Waals surface area contributed by atoms with E-state index in [-0.39, 0.29) is 17.7 Å². The van der Waals surface area contributed by atoms with Crippen molar-refractivity contribution in [2.24, 2.45) is 0 Å². The number of carbonyl (C=O) groups excluding carboxylic acids is 2. The number of anilines is 2. The molecule has 25 heavy (non-hydrogen) atoms. The van der Waals surface area contributed by atoms with Gasteiger partial charge in [0.25, 0.3) is 5.91 Å². The number of carbonyl (C=O) groups is 2. The van der Waals surface area contributed by atoms with E-state index in [1.807, 2.05) is 18.2 Å². The van der Waals surface area contributed by atoms with Gasteiger partial charge in [-0.3, -0.25) is 14.9 Å². The molecule has 3 aromatic rings. The van der Waals surface area contributed by atoms with Gasteiger partial charge in [-0.2, -0.15) is 0 Å². The van der Waals surface area contributed by atoms with E-state index in [1.165, 1.54) is 16.9 Å². The molecule has 1 heterocycles. The van der Waals surface area contributed by atoms with E-state index in [0.29, 0.717) is 16.4 Å². The molecule has 4 rings (SSSR count). The van der Waals surface area contributed by atoms with Crippen LogP contribution in [0.3, 0.4) is 0 Å². The van der Waals surface area contributed by atoms with Crippen molar-refractivity contribution in [2.75, 3.05) is 10.6 Å². The largest absolute Gasteiger partial charge is 0.326 e. The average Bonchev–Trinajstić information content (AvgIpc) is 3.09. The van der Waals surface area contributed by atoms with Crippen LogP contribution in [-0.4, -0.2) is 16.8 Å². The molecule has 0 radical (unpaired) electrons. The lowest BCUT2D eigenvalue weighted by Gasteiger charge is -2.28. The number of nitrogens with zero attached hydrogens (tertiary/aromatic N) is 1. The molecule has 0 bridgehead atoms. The fourth-order valence-electron chi connectivity index (χ4n) is 2.88. The van der Waals surface area contributed by atoms with Crippen LogP contribution >= 0.6 is 11.3 Å². The first kappa shape index (κ1) is 15.5. The number of fused-ring (bicyclic) bond motifs is 1. The molecule has 1 atom stereocenters. The molecule has 0 saturated heterocycles. The van der Waals surface area contributed by atoms with Crippen molar-refractivity contribution in [3.63, 3.8) is 0 Å². The molecule has 1 aromatic heterocycles. The number of hydrogen-bond donors (Lipinski definition) is 2. The minimum Gasteiger partial charge on any atom is -0.326 e. The Kier molecular flexibility index (Phi) is 4.03. The Hall–Kier alpha value is -2.99. The molecule has 1 aliphatic carbocycles. The number of amides is 2. The highest BCUT2D eigenvalue weighted by Gasteiger charge is 2.31. The average molecular weight is 349 g/mol. The number of hydrogen-bond acceptors (Lipinski definition) is 4. The molecule has 6 heteroatoms. The summed E-state index contributed by atoms with van der Waals surface area (Å²) in [6, 6.07) is 14.8. The molecule has 0 fully saturated rings. The van der Waals surface area contributed by atoms with Crippen LogP contribution in [0.1, 0.15) is 27.4 Å². The van der Waals surface area contributed by atoms with Crippen LogP contribution in [-0.2, 0) is 11.2 Å². The Labute approximate surface area is 148 Å². The molecular formula is C19H15N3O2S. The summed E-state index contributed by atoms with van der Waals surface area (Å²) in [4.78, 5) is 28.5. The number of thiazole rings is 1. The second kappa shape index (κ2) is 6.49. The second-order valence-corrected chi connectivity index (χ2v) is 6.71. The second-order valence-electron chi connectivity index (χ2n) is 5.81. The van der Waals surface area contributed by atoms with Gasteiger partial charge in [0.1, 0.15) is 0 Å². The minimum atomic E-state index is -0.222. The van der Waals surface area contributed by atoms with E-state index in [0.717, 1.165) is 12.0 Å². The maximum absolute atomic E-state index is 12.4. The smallest absolute Gasteiger partial charge is 0.257 e. The van der Waals surface area contributed by atoms with Gasteiger partial charge in [-0.05, 0) is 41.8 Å². The van der Waals surface area contributed by atoms with Gasteiger partial charge in [0, 0.05) is 22.8 Å². The first-order chi connectivity index (χ1) is 12.2. The highest BCUT2D eigenvalue weighted by atomic mass is 32.1. The molecule has 1 aliphatic rings. The number of rotatable bonds is 4. The zero-order chi connectivity index (χ0) is 17.2. The van der Waals surface area contributed by atoms with E-state index < -0.39 is 0 Å². The van der Waals surface area contributed by atoms with E-state index in [2.05, 4.69) is 21.7 Å². The van der Waals surface area contributed by atoms with Gasteiger partial charge in [0.15, 0.2) is 5.13 Å². The maximum Gasteiger partial charge on any atom is 0.257 e. The van der Waals surface area contributed by atoms with Gasteiger partial charge in [-0.1, -0.05) is 24.3 Å².